The first-order valence-electron chi connectivity index (χ1n) is 9.64. The lowest BCUT2D eigenvalue weighted by Gasteiger charge is -2.47. The molecule has 2 heteroatoms. The molecule has 3 atom stereocenters. The smallest absolute Gasteiger partial charge is 0.00928 e. The molecule has 1 aliphatic carbocycles. The Morgan fingerprint density at radius 2 is 2.00 bits per heavy atom. The minimum atomic E-state index is 0.553. The third-order valence-corrected chi connectivity index (χ3v) is 5.87. The van der Waals surface area contributed by atoms with E-state index in [9.17, 15) is 0 Å². The van der Waals surface area contributed by atoms with E-state index in [1.807, 2.05) is 0 Å². The zero-order chi connectivity index (χ0) is 15.1. The molecule has 1 heterocycles. The Balaban J connectivity index is 1.99. The number of likely N-dealkylation sites (tertiary alicyclic amines) is 1. The van der Waals surface area contributed by atoms with E-state index in [-0.39, 0.29) is 0 Å². The first-order valence-corrected chi connectivity index (χ1v) is 9.64. The number of nitrogens with zero attached hydrogens (tertiary/aromatic N) is 1. The maximum atomic E-state index is 3.76. The molecule has 2 aliphatic rings. The number of piperidine rings is 1. The lowest BCUT2D eigenvalue weighted by Crippen LogP contribution is -2.51. The van der Waals surface area contributed by atoms with E-state index in [0.29, 0.717) is 5.41 Å². The van der Waals surface area contributed by atoms with Crippen LogP contribution in [-0.2, 0) is 0 Å². The average Bonchev–Trinajstić information content (AvgIpc) is 2.48. The maximum absolute atomic E-state index is 3.76. The zero-order valence-electron chi connectivity index (χ0n) is 14.8. The molecule has 0 aromatic rings. The summed E-state index contributed by atoms with van der Waals surface area (Å²) in [5, 5.41) is 3.76. The number of hydrogen-bond donors (Lipinski definition) is 1. The van der Waals surface area contributed by atoms with Crippen molar-refractivity contribution in [2.75, 3.05) is 26.2 Å². The highest BCUT2D eigenvalue weighted by Crippen LogP contribution is 2.40. The predicted molar refractivity (Wildman–Crippen MR) is 92.7 cm³/mol. The van der Waals surface area contributed by atoms with Gasteiger partial charge in [-0.25, -0.2) is 0 Å². The molecule has 1 saturated heterocycles. The Kier molecular flexibility index (Phi) is 7.01. The van der Waals surface area contributed by atoms with Gasteiger partial charge in [0.2, 0.25) is 0 Å². The van der Waals surface area contributed by atoms with Gasteiger partial charge in [-0.05, 0) is 62.9 Å². The van der Waals surface area contributed by atoms with Crippen LogP contribution < -0.4 is 5.32 Å². The molecule has 0 bridgehead atoms. The molecule has 2 nitrogen and oxygen atoms in total. The van der Waals surface area contributed by atoms with Crippen LogP contribution in [0.1, 0.15) is 78.6 Å². The van der Waals surface area contributed by atoms with Gasteiger partial charge in [0.25, 0.3) is 0 Å². The first kappa shape index (κ1) is 17.3. The molecule has 21 heavy (non-hydrogen) atoms. The van der Waals surface area contributed by atoms with Crippen molar-refractivity contribution in [1.29, 1.82) is 0 Å². The molecule has 0 amide bonds. The number of hydrogen-bond acceptors (Lipinski definition) is 2. The standard InChI is InChI=1S/C19H38N2/c1-4-12-20-15-19(11-8-9-17(3)14-19)16-21-13-7-6-10-18(21)5-2/h17-18,20H,4-16H2,1-3H3. The van der Waals surface area contributed by atoms with Crippen LogP contribution in [0.4, 0.5) is 0 Å². The highest BCUT2D eigenvalue weighted by atomic mass is 15.2. The molecular weight excluding hydrogens is 256 g/mol. The summed E-state index contributed by atoms with van der Waals surface area (Å²) in [6.07, 6.45) is 12.7. The Hall–Kier alpha value is -0.0800. The fourth-order valence-corrected chi connectivity index (χ4v) is 4.82. The minimum absolute atomic E-state index is 0.553. The summed E-state index contributed by atoms with van der Waals surface area (Å²) in [7, 11) is 0. The Morgan fingerprint density at radius 3 is 2.71 bits per heavy atom. The lowest BCUT2D eigenvalue weighted by molar-refractivity contribution is 0.0403. The van der Waals surface area contributed by atoms with Crippen LogP contribution >= 0.6 is 0 Å². The van der Waals surface area contributed by atoms with Gasteiger partial charge in [-0.1, -0.05) is 40.0 Å². The topological polar surface area (TPSA) is 15.3 Å². The van der Waals surface area contributed by atoms with Gasteiger partial charge < -0.3 is 5.32 Å². The van der Waals surface area contributed by atoms with E-state index in [1.54, 1.807) is 0 Å². The summed E-state index contributed by atoms with van der Waals surface area (Å²) in [4.78, 5) is 2.86. The second-order valence-electron chi connectivity index (χ2n) is 7.91. The van der Waals surface area contributed by atoms with Crippen LogP contribution in [0.5, 0.6) is 0 Å². The first-order chi connectivity index (χ1) is 10.2. The molecule has 1 N–H and O–H groups in total. The van der Waals surface area contributed by atoms with E-state index in [4.69, 9.17) is 0 Å². The minimum Gasteiger partial charge on any atom is -0.316 e. The van der Waals surface area contributed by atoms with Gasteiger partial charge in [0.05, 0.1) is 0 Å². The molecule has 2 rings (SSSR count). The molecule has 0 spiro atoms. The SMILES string of the molecule is CCCNCC1(CN2CCCCC2CC)CCCC(C)C1. The molecule has 1 saturated carbocycles. The van der Waals surface area contributed by atoms with Crippen molar-refractivity contribution in [1.82, 2.24) is 10.2 Å². The second-order valence-corrected chi connectivity index (χ2v) is 7.91. The largest absolute Gasteiger partial charge is 0.316 e. The monoisotopic (exact) mass is 294 g/mol. The summed E-state index contributed by atoms with van der Waals surface area (Å²) in [6.45, 7) is 12.3. The third kappa shape index (κ3) is 4.96. The molecule has 0 aromatic carbocycles. The molecule has 1 aliphatic heterocycles. The van der Waals surface area contributed by atoms with Crippen molar-refractivity contribution >= 4 is 0 Å². The summed E-state index contributed by atoms with van der Waals surface area (Å²) in [5.41, 5.74) is 0.553. The van der Waals surface area contributed by atoms with E-state index >= 15 is 0 Å². The van der Waals surface area contributed by atoms with Gasteiger partial charge in [0.15, 0.2) is 0 Å². The van der Waals surface area contributed by atoms with Gasteiger partial charge in [0.1, 0.15) is 0 Å². The summed E-state index contributed by atoms with van der Waals surface area (Å²) < 4.78 is 0. The van der Waals surface area contributed by atoms with Crippen LogP contribution in [0.3, 0.4) is 0 Å². The highest BCUT2D eigenvalue weighted by molar-refractivity contribution is 4.92. The van der Waals surface area contributed by atoms with Gasteiger partial charge >= 0.3 is 0 Å². The fraction of sp³-hybridized carbons (Fsp3) is 1.00. The van der Waals surface area contributed by atoms with Crippen LogP contribution in [0.25, 0.3) is 0 Å². The summed E-state index contributed by atoms with van der Waals surface area (Å²) >= 11 is 0. The van der Waals surface area contributed by atoms with E-state index in [2.05, 4.69) is 31.0 Å². The number of nitrogens with one attached hydrogen (secondary N) is 1. The molecule has 3 unspecified atom stereocenters. The molecular formula is C19H38N2. The van der Waals surface area contributed by atoms with Gasteiger partial charge in [-0.15, -0.1) is 0 Å². The summed E-state index contributed by atoms with van der Waals surface area (Å²) in [6, 6.07) is 0.860. The maximum Gasteiger partial charge on any atom is 0.00928 e. The van der Waals surface area contributed by atoms with E-state index in [0.717, 1.165) is 12.0 Å². The van der Waals surface area contributed by atoms with Crippen LogP contribution in [-0.4, -0.2) is 37.1 Å². The van der Waals surface area contributed by atoms with Gasteiger partial charge in [-0.3, -0.25) is 4.90 Å². The fourth-order valence-electron chi connectivity index (χ4n) is 4.82. The normalized spacial score (nSPS) is 35.0. The van der Waals surface area contributed by atoms with Crippen molar-refractivity contribution in [2.24, 2.45) is 11.3 Å². The Bertz CT molecular complexity index is 291. The highest BCUT2D eigenvalue weighted by Gasteiger charge is 2.37. The molecule has 2 fully saturated rings. The number of rotatable bonds is 7. The van der Waals surface area contributed by atoms with Crippen LogP contribution in [0, 0.1) is 11.3 Å². The molecule has 0 aromatic heterocycles. The average molecular weight is 295 g/mol. The second kappa shape index (κ2) is 8.53. The van der Waals surface area contributed by atoms with Crippen LogP contribution in [0.15, 0.2) is 0 Å². The van der Waals surface area contributed by atoms with Crippen molar-refractivity contribution < 1.29 is 0 Å². The van der Waals surface area contributed by atoms with Gasteiger partial charge in [-0.2, -0.15) is 0 Å². The molecule has 124 valence electrons. The van der Waals surface area contributed by atoms with Crippen molar-refractivity contribution in [3.8, 4) is 0 Å². The van der Waals surface area contributed by atoms with E-state index < -0.39 is 0 Å². The quantitative estimate of drug-likeness (QED) is 0.698. The van der Waals surface area contributed by atoms with Crippen molar-refractivity contribution in [3.63, 3.8) is 0 Å². The Labute approximate surface area is 133 Å². The van der Waals surface area contributed by atoms with E-state index in [1.165, 1.54) is 84.0 Å². The van der Waals surface area contributed by atoms with Gasteiger partial charge in [0, 0.05) is 19.1 Å². The Morgan fingerprint density at radius 1 is 1.14 bits per heavy atom. The van der Waals surface area contributed by atoms with Crippen molar-refractivity contribution in [2.45, 2.75) is 84.6 Å². The third-order valence-electron chi connectivity index (χ3n) is 5.87. The van der Waals surface area contributed by atoms with Crippen LogP contribution in [0.2, 0.25) is 0 Å². The zero-order valence-corrected chi connectivity index (χ0v) is 14.8. The predicted octanol–water partition coefficient (Wildman–Crippen LogP) is 4.45. The van der Waals surface area contributed by atoms with Crippen molar-refractivity contribution in [3.05, 3.63) is 0 Å². The molecule has 0 radical (unpaired) electrons. The lowest BCUT2D eigenvalue weighted by atomic mass is 9.69. The summed E-state index contributed by atoms with van der Waals surface area (Å²) in [5.74, 6) is 0.923.